The van der Waals surface area contributed by atoms with E-state index >= 15 is 0 Å². The van der Waals surface area contributed by atoms with E-state index in [1.165, 1.54) is 0 Å². The molecule has 0 radical (unpaired) electrons. The molecule has 0 aromatic rings. The number of nitrogens with one attached hydrogen (secondary N) is 1. The summed E-state index contributed by atoms with van der Waals surface area (Å²) in [6.45, 7) is 5.23. The maximum atomic E-state index is 11.7. The Hall–Kier alpha value is -1.63. The van der Waals surface area contributed by atoms with Crippen LogP contribution in [0.25, 0.3) is 0 Å². The lowest BCUT2D eigenvalue weighted by Crippen LogP contribution is -2.47. The molecular formula is C12H18N2O5. The summed E-state index contributed by atoms with van der Waals surface area (Å²) in [5.41, 5.74) is -1.37. The summed E-state index contributed by atoms with van der Waals surface area (Å²) in [5, 5.41) is 12.0. The second-order valence-corrected chi connectivity index (χ2v) is 6.08. The first-order chi connectivity index (χ1) is 8.65. The van der Waals surface area contributed by atoms with E-state index in [0.717, 1.165) is 0 Å². The van der Waals surface area contributed by atoms with Gasteiger partial charge in [0.2, 0.25) is 0 Å². The van der Waals surface area contributed by atoms with Crippen LogP contribution in [0.1, 0.15) is 40.0 Å². The van der Waals surface area contributed by atoms with Crippen LogP contribution in [0.3, 0.4) is 0 Å². The average molecular weight is 270 g/mol. The van der Waals surface area contributed by atoms with Crippen LogP contribution in [0.2, 0.25) is 0 Å². The van der Waals surface area contributed by atoms with Crippen molar-refractivity contribution in [1.82, 2.24) is 10.4 Å². The van der Waals surface area contributed by atoms with Crippen LogP contribution in [0.15, 0.2) is 0 Å². The molecule has 2 rings (SSSR count). The van der Waals surface area contributed by atoms with Gasteiger partial charge >= 0.3 is 6.09 Å². The van der Waals surface area contributed by atoms with Gasteiger partial charge in [-0.2, -0.15) is 5.06 Å². The molecule has 1 atom stereocenters. The predicted octanol–water partition coefficient (Wildman–Crippen LogP) is 0.808. The Morgan fingerprint density at radius 2 is 2.00 bits per heavy atom. The van der Waals surface area contributed by atoms with Gasteiger partial charge in [-0.1, -0.05) is 0 Å². The summed E-state index contributed by atoms with van der Waals surface area (Å²) in [6, 6.07) is 0. The van der Waals surface area contributed by atoms with Crippen LogP contribution in [0.4, 0.5) is 4.79 Å². The molecule has 7 nitrogen and oxygen atoms in total. The number of hydrogen-bond donors (Lipinski definition) is 2. The molecule has 19 heavy (non-hydrogen) atoms. The van der Waals surface area contributed by atoms with E-state index in [2.05, 4.69) is 5.32 Å². The molecule has 7 heteroatoms. The van der Waals surface area contributed by atoms with E-state index < -0.39 is 35.0 Å². The lowest BCUT2D eigenvalue weighted by molar-refractivity contribution is -0.172. The quantitative estimate of drug-likeness (QED) is 0.571. The molecule has 2 N–H and O–H groups in total. The molecule has 1 aliphatic heterocycles. The van der Waals surface area contributed by atoms with Gasteiger partial charge in [0.15, 0.2) is 0 Å². The van der Waals surface area contributed by atoms with E-state index in [-0.39, 0.29) is 11.5 Å². The van der Waals surface area contributed by atoms with Gasteiger partial charge in [0.05, 0.1) is 11.5 Å². The molecule has 1 aliphatic carbocycles. The van der Waals surface area contributed by atoms with Crippen molar-refractivity contribution in [1.29, 1.82) is 0 Å². The number of amides is 3. The third kappa shape index (κ3) is 2.70. The summed E-state index contributed by atoms with van der Waals surface area (Å²) in [7, 11) is 0. The van der Waals surface area contributed by atoms with Crippen molar-refractivity contribution in [2.75, 3.05) is 0 Å². The van der Waals surface area contributed by atoms with Gasteiger partial charge in [0.1, 0.15) is 5.60 Å². The monoisotopic (exact) mass is 270 g/mol. The van der Waals surface area contributed by atoms with Crippen molar-refractivity contribution in [2.24, 2.45) is 5.92 Å². The number of alkyl carbamates (subject to hydrolysis) is 1. The van der Waals surface area contributed by atoms with Crippen LogP contribution in [0.5, 0.6) is 0 Å². The summed E-state index contributed by atoms with van der Waals surface area (Å²) in [6.07, 6.45) is 0.514. The van der Waals surface area contributed by atoms with Gasteiger partial charge < -0.3 is 10.1 Å². The van der Waals surface area contributed by atoms with Gasteiger partial charge in [-0.15, -0.1) is 0 Å². The lowest BCUT2D eigenvalue weighted by atomic mass is 9.95. The second kappa shape index (κ2) is 4.19. The van der Waals surface area contributed by atoms with Crippen molar-refractivity contribution in [3.8, 4) is 0 Å². The zero-order chi connectivity index (χ0) is 14.4. The highest BCUT2D eigenvalue weighted by Crippen LogP contribution is 2.46. The zero-order valence-corrected chi connectivity index (χ0v) is 11.2. The Balaban J connectivity index is 2.03. The number of rotatable bonds is 2. The summed E-state index contributed by atoms with van der Waals surface area (Å²) in [4.78, 5) is 34.8. The van der Waals surface area contributed by atoms with Crippen LogP contribution >= 0.6 is 0 Å². The van der Waals surface area contributed by atoms with Crippen LogP contribution in [0, 0.1) is 5.92 Å². The molecular weight excluding hydrogens is 252 g/mol. The Kier molecular flexibility index (Phi) is 3.04. The third-order valence-corrected chi connectivity index (χ3v) is 3.33. The largest absolute Gasteiger partial charge is 0.444 e. The third-order valence-electron chi connectivity index (χ3n) is 3.33. The standard InChI is InChI=1S/C12H18N2O5/c1-11(2,3)19-10(17)13-12(4-5-12)7-6-8(15)14(18)9(7)16/h7,18H,4-6H2,1-3H3,(H,13,17). The molecule has 1 saturated carbocycles. The summed E-state index contributed by atoms with van der Waals surface area (Å²) in [5.74, 6) is -1.98. The van der Waals surface area contributed by atoms with Gasteiger partial charge in [-0.25, -0.2) is 4.79 Å². The summed E-state index contributed by atoms with van der Waals surface area (Å²) >= 11 is 0. The Morgan fingerprint density at radius 1 is 1.42 bits per heavy atom. The van der Waals surface area contributed by atoms with Crippen LogP contribution < -0.4 is 5.32 Å². The van der Waals surface area contributed by atoms with E-state index in [0.29, 0.717) is 12.8 Å². The maximum Gasteiger partial charge on any atom is 0.408 e. The highest BCUT2D eigenvalue weighted by atomic mass is 16.6. The fourth-order valence-corrected chi connectivity index (χ4v) is 2.25. The van der Waals surface area contributed by atoms with Crippen molar-refractivity contribution in [2.45, 2.75) is 51.2 Å². The number of carbonyl (C=O) groups is 3. The van der Waals surface area contributed by atoms with Crippen LogP contribution in [-0.4, -0.2) is 39.3 Å². The average Bonchev–Trinajstić information content (AvgIpc) is 2.95. The van der Waals surface area contributed by atoms with Crippen molar-refractivity contribution >= 4 is 17.9 Å². The minimum absolute atomic E-state index is 0.0782. The first kappa shape index (κ1) is 13.8. The topological polar surface area (TPSA) is 95.9 Å². The Morgan fingerprint density at radius 3 is 2.37 bits per heavy atom. The molecule has 1 heterocycles. The molecule has 106 valence electrons. The Labute approximate surface area is 110 Å². The minimum Gasteiger partial charge on any atom is -0.444 e. The Bertz CT molecular complexity index is 436. The first-order valence-corrected chi connectivity index (χ1v) is 6.21. The van der Waals surface area contributed by atoms with E-state index in [9.17, 15) is 19.6 Å². The number of hydroxylamine groups is 2. The van der Waals surface area contributed by atoms with E-state index in [1.807, 2.05) is 0 Å². The maximum absolute atomic E-state index is 11.7. The van der Waals surface area contributed by atoms with Gasteiger partial charge in [-0.3, -0.25) is 14.8 Å². The van der Waals surface area contributed by atoms with Crippen molar-refractivity contribution in [3.63, 3.8) is 0 Å². The highest BCUT2D eigenvalue weighted by Gasteiger charge is 2.59. The zero-order valence-electron chi connectivity index (χ0n) is 11.2. The normalized spacial score (nSPS) is 25.5. The number of ether oxygens (including phenoxy) is 1. The molecule has 1 unspecified atom stereocenters. The number of carbonyl (C=O) groups excluding carboxylic acids is 3. The summed E-state index contributed by atoms with van der Waals surface area (Å²) < 4.78 is 5.14. The number of imide groups is 1. The molecule has 0 spiro atoms. The second-order valence-electron chi connectivity index (χ2n) is 6.08. The highest BCUT2D eigenvalue weighted by molar-refractivity contribution is 6.03. The molecule has 0 aromatic carbocycles. The first-order valence-electron chi connectivity index (χ1n) is 6.21. The molecule has 1 saturated heterocycles. The lowest BCUT2D eigenvalue weighted by Gasteiger charge is -2.25. The smallest absolute Gasteiger partial charge is 0.408 e. The van der Waals surface area contributed by atoms with E-state index in [1.54, 1.807) is 20.8 Å². The van der Waals surface area contributed by atoms with E-state index in [4.69, 9.17) is 4.74 Å². The number of hydrogen-bond acceptors (Lipinski definition) is 5. The van der Waals surface area contributed by atoms with Crippen molar-refractivity contribution in [3.05, 3.63) is 0 Å². The molecule has 0 bridgehead atoms. The molecule has 2 fully saturated rings. The van der Waals surface area contributed by atoms with Crippen LogP contribution in [-0.2, 0) is 14.3 Å². The van der Waals surface area contributed by atoms with Gasteiger partial charge in [0.25, 0.3) is 11.8 Å². The van der Waals surface area contributed by atoms with Gasteiger partial charge in [0, 0.05) is 6.42 Å². The molecule has 0 aromatic heterocycles. The fraction of sp³-hybridized carbons (Fsp3) is 0.750. The fourth-order valence-electron chi connectivity index (χ4n) is 2.25. The number of nitrogens with zero attached hydrogens (tertiary/aromatic N) is 1. The minimum atomic E-state index is -0.743. The van der Waals surface area contributed by atoms with Gasteiger partial charge in [-0.05, 0) is 33.6 Å². The molecule has 3 amide bonds. The SMILES string of the molecule is CC(C)(C)OC(=O)NC1(C2CC(=O)N(O)C2=O)CC1. The molecule has 2 aliphatic rings. The van der Waals surface area contributed by atoms with Crippen molar-refractivity contribution < 1.29 is 24.3 Å². The predicted molar refractivity (Wildman–Crippen MR) is 63.1 cm³/mol.